The third kappa shape index (κ3) is 3.33. The van der Waals surface area contributed by atoms with Crippen molar-refractivity contribution in [3.63, 3.8) is 0 Å². The van der Waals surface area contributed by atoms with E-state index in [4.69, 9.17) is 0 Å². The molecule has 3 nitrogen and oxygen atoms in total. The molecule has 0 atom stereocenters. The summed E-state index contributed by atoms with van der Waals surface area (Å²) in [5.41, 5.74) is 7.45. The largest absolute Gasteiger partial charge is 0.303 e. The first-order chi connectivity index (χ1) is 8.27. The third-order valence-electron chi connectivity index (χ3n) is 2.75. The average molecular weight is 295 g/mol. The summed E-state index contributed by atoms with van der Waals surface area (Å²) >= 11 is 3.36. The topological polar surface area (TPSA) is 41.1 Å². The molecule has 0 saturated carbocycles. The van der Waals surface area contributed by atoms with Crippen molar-refractivity contribution in [2.24, 2.45) is 0 Å². The first-order valence-corrected chi connectivity index (χ1v) is 6.56. The Morgan fingerprint density at radius 1 is 1.24 bits per heavy atom. The lowest BCUT2D eigenvalue weighted by Gasteiger charge is -2.15. The Balaban J connectivity index is 1.93. The van der Waals surface area contributed by atoms with Crippen molar-refractivity contribution in [2.75, 3.05) is 0 Å². The highest BCUT2D eigenvalue weighted by molar-refractivity contribution is 9.10. The fourth-order valence-corrected chi connectivity index (χ4v) is 2.27. The van der Waals surface area contributed by atoms with E-state index in [1.165, 1.54) is 12.8 Å². The lowest BCUT2D eigenvalue weighted by molar-refractivity contribution is 0.0937. The zero-order valence-corrected chi connectivity index (χ0v) is 11.1. The number of benzene rings is 1. The van der Waals surface area contributed by atoms with E-state index in [0.29, 0.717) is 5.56 Å². The number of carbonyl (C=O) groups excluding carboxylic acids is 1. The van der Waals surface area contributed by atoms with Gasteiger partial charge in [0, 0.05) is 10.2 Å². The summed E-state index contributed by atoms with van der Waals surface area (Å²) in [4.78, 5) is 11.9. The summed E-state index contributed by atoms with van der Waals surface area (Å²) in [6.45, 7) is 0. The lowest BCUT2D eigenvalue weighted by atomic mass is 10.1. The number of hydrazine groups is 1. The van der Waals surface area contributed by atoms with E-state index in [-0.39, 0.29) is 5.91 Å². The van der Waals surface area contributed by atoms with Gasteiger partial charge in [0.2, 0.25) is 0 Å². The van der Waals surface area contributed by atoms with Gasteiger partial charge in [-0.1, -0.05) is 18.2 Å². The molecule has 0 unspecified atom stereocenters. The van der Waals surface area contributed by atoms with Gasteiger partial charge in [0.25, 0.3) is 5.91 Å². The number of hydrogen-bond donors (Lipinski definition) is 2. The Bertz CT molecular complexity index is 443. The van der Waals surface area contributed by atoms with Crippen LogP contribution >= 0.6 is 15.9 Å². The molecule has 0 saturated heterocycles. The second kappa shape index (κ2) is 5.87. The van der Waals surface area contributed by atoms with Gasteiger partial charge in [0.15, 0.2) is 0 Å². The second-order valence-corrected chi connectivity index (χ2v) is 4.89. The Labute approximate surface area is 109 Å². The minimum absolute atomic E-state index is 0.121. The van der Waals surface area contributed by atoms with Crippen LogP contribution in [-0.4, -0.2) is 5.91 Å². The van der Waals surface area contributed by atoms with Gasteiger partial charge in [-0.15, -0.1) is 0 Å². The van der Waals surface area contributed by atoms with Gasteiger partial charge in [-0.2, -0.15) is 0 Å². The second-order valence-electron chi connectivity index (χ2n) is 4.03. The van der Waals surface area contributed by atoms with E-state index in [1.54, 1.807) is 6.07 Å². The number of allylic oxidation sites excluding steroid dienone is 2. The fourth-order valence-electron chi connectivity index (χ4n) is 1.80. The highest BCUT2D eigenvalue weighted by Gasteiger charge is 2.09. The Kier molecular flexibility index (Phi) is 4.20. The molecule has 0 heterocycles. The zero-order valence-electron chi connectivity index (χ0n) is 9.50. The SMILES string of the molecule is O=C(NNC1=CCCCC1)c1ccccc1Br. The van der Waals surface area contributed by atoms with Crippen molar-refractivity contribution in [2.45, 2.75) is 25.7 Å². The molecular weight excluding hydrogens is 280 g/mol. The molecule has 2 N–H and O–H groups in total. The minimum atomic E-state index is -0.121. The van der Waals surface area contributed by atoms with Crippen LogP contribution in [0.3, 0.4) is 0 Å². The number of halogens is 1. The van der Waals surface area contributed by atoms with Crippen LogP contribution in [0, 0.1) is 0 Å². The summed E-state index contributed by atoms with van der Waals surface area (Å²) in [5.74, 6) is -0.121. The Hall–Kier alpha value is -1.29. The summed E-state index contributed by atoms with van der Waals surface area (Å²) in [6, 6.07) is 7.38. The summed E-state index contributed by atoms with van der Waals surface area (Å²) in [7, 11) is 0. The van der Waals surface area contributed by atoms with Crippen LogP contribution in [0.4, 0.5) is 0 Å². The molecule has 4 heteroatoms. The summed E-state index contributed by atoms with van der Waals surface area (Å²) < 4.78 is 0.803. The van der Waals surface area contributed by atoms with Crippen molar-refractivity contribution in [3.05, 3.63) is 46.1 Å². The van der Waals surface area contributed by atoms with E-state index >= 15 is 0 Å². The number of nitrogens with one attached hydrogen (secondary N) is 2. The van der Waals surface area contributed by atoms with Crippen molar-refractivity contribution in [1.82, 2.24) is 10.9 Å². The molecule has 1 aromatic carbocycles. The molecule has 1 aliphatic carbocycles. The van der Waals surface area contributed by atoms with E-state index in [1.807, 2.05) is 18.2 Å². The standard InChI is InChI=1S/C13H15BrN2O/c14-12-9-5-4-8-11(12)13(17)16-15-10-6-2-1-3-7-10/h4-6,8-9,15H,1-3,7H2,(H,16,17). The average Bonchev–Trinajstić information content (AvgIpc) is 2.38. The highest BCUT2D eigenvalue weighted by atomic mass is 79.9. The van der Waals surface area contributed by atoms with Gasteiger partial charge in [-0.3, -0.25) is 10.2 Å². The van der Waals surface area contributed by atoms with Crippen LogP contribution in [0.5, 0.6) is 0 Å². The van der Waals surface area contributed by atoms with Crippen LogP contribution in [0.1, 0.15) is 36.0 Å². The molecule has 17 heavy (non-hydrogen) atoms. The van der Waals surface area contributed by atoms with E-state index in [0.717, 1.165) is 23.0 Å². The van der Waals surface area contributed by atoms with Crippen LogP contribution in [0.25, 0.3) is 0 Å². The van der Waals surface area contributed by atoms with Crippen molar-refractivity contribution >= 4 is 21.8 Å². The first kappa shape index (κ1) is 12.2. The van der Waals surface area contributed by atoms with Crippen LogP contribution in [0.2, 0.25) is 0 Å². The molecular formula is C13H15BrN2O. The van der Waals surface area contributed by atoms with Crippen molar-refractivity contribution in [3.8, 4) is 0 Å². The van der Waals surface area contributed by atoms with E-state index in [2.05, 4.69) is 32.9 Å². The Morgan fingerprint density at radius 2 is 2.06 bits per heavy atom. The van der Waals surface area contributed by atoms with Gasteiger partial charge < -0.3 is 5.43 Å². The molecule has 1 aromatic rings. The normalized spacial score (nSPS) is 15.0. The van der Waals surface area contributed by atoms with E-state index in [9.17, 15) is 4.79 Å². The maximum Gasteiger partial charge on any atom is 0.270 e. The smallest absolute Gasteiger partial charge is 0.270 e. The molecule has 0 fully saturated rings. The van der Waals surface area contributed by atoms with E-state index < -0.39 is 0 Å². The highest BCUT2D eigenvalue weighted by Crippen LogP contribution is 2.16. The molecule has 90 valence electrons. The monoisotopic (exact) mass is 294 g/mol. The third-order valence-corrected chi connectivity index (χ3v) is 3.44. The quantitative estimate of drug-likeness (QED) is 0.841. The summed E-state index contributed by atoms with van der Waals surface area (Å²) in [6.07, 6.45) is 6.67. The van der Waals surface area contributed by atoms with Gasteiger partial charge in [0.05, 0.1) is 5.56 Å². The number of carbonyl (C=O) groups is 1. The molecule has 0 aromatic heterocycles. The number of hydrogen-bond acceptors (Lipinski definition) is 2. The number of rotatable bonds is 3. The van der Waals surface area contributed by atoms with Crippen LogP contribution in [-0.2, 0) is 0 Å². The molecule has 0 aliphatic heterocycles. The van der Waals surface area contributed by atoms with Crippen LogP contribution < -0.4 is 10.9 Å². The van der Waals surface area contributed by atoms with Gasteiger partial charge in [-0.05, 0) is 53.7 Å². The Morgan fingerprint density at radius 3 is 2.76 bits per heavy atom. The molecule has 0 bridgehead atoms. The fraction of sp³-hybridized carbons (Fsp3) is 0.308. The molecule has 2 rings (SSSR count). The molecule has 1 amide bonds. The zero-order chi connectivity index (χ0) is 12.1. The molecule has 0 spiro atoms. The maximum absolute atomic E-state index is 11.9. The van der Waals surface area contributed by atoms with Gasteiger partial charge in [-0.25, -0.2) is 0 Å². The van der Waals surface area contributed by atoms with Gasteiger partial charge >= 0.3 is 0 Å². The molecule has 0 radical (unpaired) electrons. The van der Waals surface area contributed by atoms with Crippen molar-refractivity contribution < 1.29 is 4.79 Å². The predicted octanol–water partition coefficient (Wildman–Crippen LogP) is 3.14. The summed E-state index contributed by atoms with van der Waals surface area (Å²) in [5, 5.41) is 0. The maximum atomic E-state index is 11.9. The van der Waals surface area contributed by atoms with Crippen molar-refractivity contribution in [1.29, 1.82) is 0 Å². The lowest BCUT2D eigenvalue weighted by Crippen LogP contribution is -2.37. The first-order valence-electron chi connectivity index (χ1n) is 5.77. The van der Waals surface area contributed by atoms with Crippen LogP contribution in [0.15, 0.2) is 40.5 Å². The van der Waals surface area contributed by atoms with Gasteiger partial charge in [0.1, 0.15) is 0 Å². The molecule has 1 aliphatic rings. The minimum Gasteiger partial charge on any atom is -0.303 e. The number of amides is 1. The predicted molar refractivity (Wildman–Crippen MR) is 71.3 cm³/mol.